The Hall–Kier alpha value is -3.88. The summed E-state index contributed by atoms with van der Waals surface area (Å²) in [5, 5.41) is 12.4. The van der Waals surface area contributed by atoms with Crippen molar-refractivity contribution < 1.29 is 24.2 Å². The number of thioether (sulfide) groups is 1. The Kier molecular flexibility index (Phi) is 9.19. The van der Waals surface area contributed by atoms with Crippen LogP contribution in [0.1, 0.15) is 27.2 Å². The van der Waals surface area contributed by atoms with Gasteiger partial charge in [-0.2, -0.15) is 0 Å². The molecule has 13 heteroatoms. The Bertz CT molecular complexity index is 1770. The first kappa shape index (κ1) is 30.2. The SMILES string of the molecule is Nc1ncc2ccc(-c3csc(C=C4SC(=S)N(CCCOc5ccc(C(=O)O)cc5CN5CCOCC5)C4=O)c3)cc2n1. The Morgan fingerprint density at radius 1 is 1.16 bits per heavy atom. The van der Waals surface area contributed by atoms with Crippen LogP contribution in [0, 0.1) is 0 Å². The van der Waals surface area contributed by atoms with E-state index in [0.717, 1.165) is 45.6 Å². The number of aromatic carboxylic acids is 1. The normalized spacial score (nSPS) is 16.7. The van der Waals surface area contributed by atoms with Crippen LogP contribution in [0.5, 0.6) is 5.75 Å². The first-order valence-electron chi connectivity index (χ1n) is 14.0. The van der Waals surface area contributed by atoms with Crippen LogP contribution >= 0.6 is 35.3 Å². The fraction of sp³-hybridized carbons (Fsp3) is 0.258. The van der Waals surface area contributed by atoms with Crippen molar-refractivity contribution in [3.05, 3.63) is 75.0 Å². The number of carboxylic acids is 1. The zero-order valence-electron chi connectivity index (χ0n) is 23.6. The molecule has 2 aliphatic rings. The van der Waals surface area contributed by atoms with Crippen LogP contribution in [0.4, 0.5) is 5.95 Å². The number of rotatable bonds is 10. The summed E-state index contributed by atoms with van der Waals surface area (Å²) in [6.07, 6.45) is 4.15. The van der Waals surface area contributed by atoms with Crippen molar-refractivity contribution >= 4 is 74.4 Å². The van der Waals surface area contributed by atoms with Crippen molar-refractivity contribution in [3.8, 4) is 16.9 Å². The molecule has 0 radical (unpaired) electrons. The highest BCUT2D eigenvalue weighted by Gasteiger charge is 2.31. The van der Waals surface area contributed by atoms with Gasteiger partial charge in [0.05, 0.1) is 35.8 Å². The second-order valence-electron chi connectivity index (χ2n) is 10.3. The number of hydrogen-bond donors (Lipinski definition) is 2. The third-order valence-electron chi connectivity index (χ3n) is 7.29. The maximum Gasteiger partial charge on any atom is 0.335 e. The Labute approximate surface area is 267 Å². The van der Waals surface area contributed by atoms with E-state index >= 15 is 0 Å². The zero-order valence-corrected chi connectivity index (χ0v) is 26.1. The number of hydrogen-bond acceptors (Lipinski definition) is 11. The van der Waals surface area contributed by atoms with Gasteiger partial charge in [0.15, 0.2) is 0 Å². The summed E-state index contributed by atoms with van der Waals surface area (Å²) in [6.45, 7) is 4.21. The number of carbonyl (C=O) groups is 2. The number of carboxylic acid groups (broad SMARTS) is 1. The molecule has 4 aromatic rings. The molecule has 0 bridgehead atoms. The molecular weight excluding hydrogens is 619 g/mol. The number of benzene rings is 2. The van der Waals surface area contributed by atoms with Crippen LogP contribution in [-0.2, 0) is 16.1 Å². The molecule has 0 spiro atoms. The lowest BCUT2D eigenvalue weighted by atomic mass is 10.1. The van der Waals surface area contributed by atoms with Crippen LogP contribution in [0.25, 0.3) is 28.1 Å². The summed E-state index contributed by atoms with van der Waals surface area (Å²) in [6, 6.07) is 12.9. The summed E-state index contributed by atoms with van der Waals surface area (Å²) in [5.41, 5.74) is 9.60. The topological polar surface area (TPSA) is 131 Å². The molecule has 0 atom stereocenters. The number of amides is 1. The molecule has 44 heavy (non-hydrogen) atoms. The highest BCUT2D eigenvalue weighted by atomic mass is 32.2. The van der Waals surface area contributed by atoms with Crippen LogP contribution in [0.15, 0.2) is 58.9 Å². The minimum absolute atomic E-state index is 0.119. The van der Waals surface area contributed by atoms with Gasteiger partial charge in [-0.15, -0.1) is 11.3 Å². The summed E-state index contributed by atoms with van der Waals surface area (Å²) in [5.74, 6) is -0.221. The van der Waals surface area contributed by atoms with Crippen molar-refractivity contribution in [1.82, 2.24) is 19.8 Å². The van der Waals surface area contributed by atoms with E-state index < -0.39 is 5.97 Å². The molecule has 2 fully saturated rings. The predicted molar refractivity (Wildman–Crippen MR) is 177 cm³/mol. The number of thiocarbonyl (C=S) groups is 1. The average molecular weight is 648 g/mol. The maximum atomic E-state index is 13.2. The van der Waals surface area contributed by atoms with Gasteiger partial charge in [0.2, 0.25) is 5.95 Å². The molecule has 2 saturated heterocycles. The van der Waals surface area contributed by atoms with E-state index in [-0.39, 0.29) is 17.4 Å². The molecule has 2 aromatic carbocycles. The highest BCUT2D eigenvalue weighted by molar-refractivity contribution is 8.26. The summed E-state index contributed by atoms with van der Waals surface area (Å²) in [4.78, 5) is 38.5. The van der Waals surface area contributed by atoms with Gasteiger partial charge in [0.1, 0.15) is 10.1 Å². The minimum Gasteiger partial charge on any atom is -0.493 e. The third kappa shape index (κ3) is 6.92. The number of anilines is 1. The lowest BCUT2D eigenvalue weighted by molar-refractivity contribution is -0.122. The molecule has 0 aliphatic carbocycles. The van der Waals surface area contributed by atoms with Crippen LogP contribution in [0.3, 0.4) is 0 Å². The van der Waals surface area contributed by atoms with Crippen molar-refractivity contribution in [2.75, 3.05) is 45.2 Å². The second-order valence-corrected chi connectivity index (χ2v) is 12.9. The number of nitrogens with zero attached hydrogens (tertiary/aromatic N) is 4. The first-order valence-corrected chi connectivity index (χ1v) is 16.1. The van der Waals surface area contributed by atoms with Gasteiger partial charge in [-0.1, -0.05) is 36.1 Å². The van der Waals surface area contributed by atoms with Crippen LogP contribution in [-0.4, -0.2) is 80.5 Å². The lowest BCUT2D eigenvalue weighted by Crippen LogP contribution is -2.35. The smallest absolute Gasteiger partial charge is 0.335 e. The summed E-state index contributed by atoms with van der Waals surface area (Å²) in [7, 11) is 0. The second kappa shape index (κ2) is 13.4. The molecule has 4 heterocycles. The number of carbonyl (C=O) groups excluding carboxylic acids is 1. The van der Waals surface area contributed by atoms with E-state index in [9.17, 15) is 14.7 Å². The predicted octanol–water partition coefficient (Wildman–Crippen LogP) is 5.14. The maximum absolute atomic E-state index is 13.2. The molecule has 6 rings (SSSR count). The third-order valence-corrected chi connectivity index (χ3v) is 9.55. The molecule has 10 nitrogen and oxygen atoms in total. The van der Waals surface area contributed by atoms with E-state index in [1.807, 2.05) is 35.7 Å². The summed E-state index contributed by atoms with van der Waals surface area (Å²) >= 11 is 8.39. The van der Waals surface area contributed by atoms with Gasteiger partial charge in [0.25, 0.3) is 5.91 Å². The number of ether oxygens (including phenoxy) is 2. The number of morpholine rings is 1. The minimum atomic E-state index is -0.977. The van der Waals surface area contributed by atoms with E-state index in [0.29, 0.717) is 54.3 Å². The van der Waals surface area contributed by atoms with E-state index in [4.69, 9.17) is 27.4 Å². The number of aromatic nitrogens is 2. The zero-order chi connectivity index (χ0) is 30.6. The number of nitrogen functional groups attached to an aromatic ring is 1. The molecule has 1 amide bonds. The summed E-state index contributed by atoms with van der Waals surface area (Å²) < 4.78 is 12.0. The quantitative estimate of drug-likeness (QED) is 0.135. The van der Waals surface area contributed by atoms with Gasteiger partial charge in [-0.3, -0.25) is 14.6 Å². The largest absolute Gasteiger partial charge is 0.493 e. The standard InChI is InChI=1S/C31H29N5O5S3/c32-30-33-16-21-3-2-19(14-25(21)34-30)23-13-24(43-18-23)15-27-28(37)36(31(42)44-27)6-1-9-41-26-5-4-20(29(38)39)12-22(26)17-35-7-10-40-11-8-35/h2-5,12-16,18H,1,6-11,17H2,(H,38,39)(H2,32,33,34). The Balaban J connectivity index is 1.07. The van der Waals surface area contributed by atoms with Gasteiger partial charge in [-0.05, 0) is 59.3 Å². The lowest BCUT2D eigenvalue weighted by Gasteiger charge is -2.27. The van der Waals surface area contributed by atoms with Gasteiger partial charge < -0.3 is 20.3 Å². The molecule has 3 N–H and O–H groups in total. The molecule has 0 unspecified atom stereocenters. The van der Waals surface area contributed by atoms with Crippen LogP contribution in [0.2, 0.25) is 0 Å². The number of nitrogens with two attached hydrogens (primary N) is 1. The molecule has 2 aromatic heterocycles. The van der Waals surface area contributed by atoms with Crippen molar-refractivity contribution in [3.63, 3.8) is 0 Å². The molecular formula is C31H29N5O5S3. The van der Waals surface area contributed by atoms with Crippen molar-refractivity contribution in [2.45, 2.75) is 13.0 Å². The molecule has 0 saturated carbocycles. The van der Waals surface area contributed by atoms with E-state index in [2.05, 4.69) is 14.9 Å². The number of fused-ring (bicyclic) bond motifs is 1. The average Bonchev–Trinajstić information content (AvgIpc) is 3.59. The monoisotopic (exact) mass is 647 g/mol. The fourth-order valence-corrected chi connectivity index (χ4v) is 7.22. The first-order chi connectivity index (χ1) is 21.3. The number of thiophene rings is 1. The van der Waals surface area contributed by atoms with Gasteiger partial charge >= 0.3 is 5.97 Å². The van der Waals surface area contributed by atoms with Crippen LogP contribution < -0.4 is 10.5 Å². The highest BCUT2D eigenvalue weighted by Crippen LogP contribution is 2.35. The van der Waals surface area contributed by atoms with E-state index in [1.54, 1.807) is 40.6 Å². The van der Waals surface area contributed by atoms with Crippen molar-refractivity contribution in [1.29, 1.82) is 0 Å². The molecule has 2 aliphatic heterocycles. The Morgan fingerprint density at radius 3 is 2.82 bits per heavy atom. The van der Waals surface area contributed by atoms with E-state index in [1.165, 1.54) is 11.8 Å². The van der Waals surface area contributed by atoms with Gasteiger partial charge in [-0.25, -0.2) is 14.8 Å². The fourth-order valence-electron chi connectivity index (χ4n) is 5.00. The van der Waals surface area contributed by atoms with Crippen molar-refractivity contribution in [2.24, 2.45) is 0 Å². The van der Waals surface area contributed by atoms with Gasteiger partial charge in [0, 0.05) is 48.2 Å². The molecule has 226 valence electrons. The Morgan fingerprint density at radius 2 is 2.00 bits per heavy atom.